The van der Waals surface area contributed by atoms with Crippen molar-refractivity contribution in [1.29, 1.82) is 0 Å². The maximum absolute atomic E-state index is 12.7. The number of carbonyl (C=O) groups is 2. The van der Waals surface area contributed by atoms with Crippen molar-refractivity contribution in [3.63, 3.8) is 0 Å². The van der Waals surface area contributed by atoms with Crippen molar-refractivity contribution >= 4 is 11.9 Å². The van der Waals surface area contributed by atoms with Gasteiger partial charge in [0.1, 0.15) is 40.6 Å². The highest BCUT2D eigenvalue weighted by Gasteiger charge is 2.23. The summed E-state index contributed by atoms with van der Waals surface area (Å²) in [6.07, 6.45) is 17.7. The van der Waals surface area contributed by atoms with Crippen molar-refractivity contribution in [3.8, 4) is 68.7 Å². The third kappa shape index (κ3) is 19.2. The molecule has 3 aromatic carbocycles. The van der Waals surface area contributed by atoms with Gasteiger partial charge in [0, 0.05) is 24.8 Å². The lowest BCUT2D eigenvalue weighted by Gasteiger charge is -2.17. The van der Waals surface area contributed by atoms with Crippen molar-refractivity contribution in [2.24, 2.45) is 0 Å². The Hall–Kier alpha value is -5.63. The minimum absolute atomic E-state index is 0.0118. The van der Waals surface area contributed by atoms with E-state index in [4.69, 9.17) is 28.4 Å². The SMILES string of the molecule is CCCCCCCCOCC(C)Oc1ccc(-c2nc(-c3ccc(OC(C)C(=O)OCCCCCCCC)cc3O)nc(-c3ccc(OC(C)C(=O)OCCCCCCCC)cc3O)n2)c(O)c1. The average molecular weight is 944 g/mol. The molecule has 3 atom stereocenters. The summed E-state index contributed by atoms with van der Waals surface area (Å²) in [7, 11) is 0. The molecule has 0 spiro atoms. The molecule has 4 rings (SSSR count). The highest BCUT2D eigenvalue weighted by atomic mass is 16.6. The summed E-state index contributed by atoms with van der Waals surface area (Å²) in [6.45, 7) is 13.3. The highest BCUT2D eigenvalue weighted by molar-refractivity contribution is 5.77. The third-order valence-electron chi connectivity index (χ3n) is 11.4. The van der Waals surface area contributed by atoms with Crippen LogP contribution < -0.4 is 14.2 Å². The molecule has 0 saturated heterocycles. The maximum atomic E-state index is 12.7. The van der Waals surface area contributed by atoms with E-state index in [1.165, 1.54) is 82.4 Å². The van der Waals surface area contributed by atoms with Gasteiger partial charge in [-0.1, -0.05) is 117 Å². The minimum Gasteiger partial charge on any atom is -0.507 e. The average Bonchev–Trinajstić information content (AvgIpc) is 3.31. The Labute approximate surface area is 404 Å². The van der Waals surface area contributed by atoms with Crippen molar-refractivity contribution < 1.29 is 53.3 Å². The van der Waals surface area contributed by atoms with Gasteiger partial charge in [-0.2, -0.15) is 0 Å². The van der Waals surface area contributed by atoms with E-state index in [1.807, 2.05) is 6.92 Å². The Morgan fingerprint density at radius 1 is 0.456 bits per heavy atom. The summed E-state index contributed by atoms with van der Waals surface area (Å²) < 4.78 is 34.5. The molecule has 1 heterocycles. The van der Waals surface area contributed by atoms with E-state index in [9.17, 15) is 24.9 Å². The summed E-state index contributed by atoms with van der Waals surface area (Å²) in [5.41, 5.74) is 0.597. The number of hydrogen-bond acceptors (Lipinski definition) is 14. The van der Waals surface area contributed by atoms with Gasteiger partial charge in [-0.3, -0.25) is 0 Å². The van der Waals surface area contributed by atoms with Crippen LogP contribution >= 0.6 is 0 Å². The fourth-order valence-corrected chi connectivity index (χ4v) is 7.41. The zero-order chi connectivity index (χ0) is 49.1. The van der Waals surface area contributed by atoms with Gasteiger partial charge >= 0.3 is 11.9 Å². The molecule has 374 valence electrons. The van der Waals surface area contributed by atoms with Crippen LogP contribution in [0.5, 0.6) is 34.5 Å². The second kappa shape index (κ2) is 30.7. The van der Waals surface area contributed by atoms with E-state index in [0.717, 1.165) is 51.4 Å². The Morgan fingerprint density at radius 2 is 0.779 bits per heavy atom. The first-order valence-electron chi connectivity index (χ1n) is 25.1. The number of aromatic nitrogens is 3. The number of nitrogens with zero attached hydrogens (tertiary/aromatic N) is 3. The Morgan fingerprint density at radius 3 is 1.13 bits per heavy atom. The van der Waals surface area contributed by atoms with Crippen molar-refractivity contribution in [3.05, 3.63) is 54.6 Å². The molecule has 0 aliphatic carbocycles. The van der Waals surface area contributed by atoms with Crippen LogP contribution in [-0.2, 0) is 23.8 Å². The normalized spacial score (nSPS) is 12.6. The van der Waals surface area contributed by atoms with Gasteiger partial charge in [-0.15, -0.1) is 0 Å². The van der Waals surface area contributed by atoms with Gasteiger partial charge in [0.15, 0.2) is 29.7 Å². The quantitative estimate of drug-likeness (QED) is 0.0296. The molecule has 0 saturated carbocycles. The standard InChI is InChI=1S/C54H77N3O11/c1-7-10-13-16-19-22-31-63-37-38(4)66-41-25-28-44(47(58)34-41)50-55-51(45-29-26-42(35-48(45)59)67-39(5)53(61)64-32-23-20-17-14-11-8-2)57-52(56-50)46-30-27-43(36-49(46)60)68-40(6)54(62)65-33-24-21-18-15-12-9-3/h25-30,34-36,38-40,58-60H,7-24,31-33,37H2,1-6H3. The minimum atomic E-state index is -0.931. The number of aromatic hydroxyl groups is 3. The van der Waals surface area contributed by atoms with E-state index in [0.29, 0.717) is 32.2 Å². The smallest absolute Gasteiger partial charge is 0.347 e. The molecule has 14 nitrogen and oxygen atoms in total. The molecule has 4 aromatic rings. The lowest BCUT2D eigenvalue weighted by atomic mass is 10.1. The molecule has 68 heavy (non-hydrogen) atoms. The van der Waals surface area contributed by atoms with E-state index in [2.05, 4.69) is 35.7 Å². The molecule has 1 aromatic heterocycles. The summed E-state index contributed by atoms with van der Waals surface area (Å²) in [5.74, 6) is -0.810. The third-order valence-corrected chi connectivity index (χ3v) is 11.4. The van der Waals surface area contributed by atoms with E-state index >= 15 is 0 Å². The first-order valence-corrected chi connectivity index (χ1v) is 25.1. The number of carbonyl (C=O) groups excluding carboxylic acids is 2. The fourth-order valence-electron chi connectivity index (χ4n) is 7.41. The zero-order valence-electron chi connectivity index (χ0n) is 41.4. The summed E-state index contributed by atoms with van der Waals surface area (Å²) >= 11 is 0. The lowest BCUT2D eigenvalue weighted by Crippen LogP contribution is -2.26. The second-order valence-electron chi connectivity index (χ2n) is 17.5. The number of rotatable bonds is 34. The molecule has 0 fully saturated rings. The van der Waals surface area contributed by atoms with Gasteiger partial charge in [0.25, 0.3) is 0 Å². The van der Waals surface area contributed by atoms with Crippen LogP contribution in [0.1, 0.15) is 157 Å². The van der Waals surface area contributed by atoms with Crippen molar-refractivity contribution in [1.82, 2.24) is 15.0 Å². The molecule has 3 unspecified atom stereocenters. The van der Waals surface area contributed by atoms with Crippen LogP contribution in [0.4, 0.5) is 0 Å². The number of esters is 2. The van der Waals surface area contributed by atoms with Gasteiger partial charge in [0.05, 0.1) is 36.5 Å². The molecule has 14 heteroatoms. The molecular weight excluding hydrogens is 867 g/mol. The van der Waals surface area contributed by atoms with E-state index < -0.39 is 24.1 Å². The first-order chi connectivity index (χ1) is 32.9. The van der Waals surface area contributed by atoms with Crippen molar-refractivity contribution in [2.45, 2.75) is 175 Å². The van der Waals surface area contributed by atoms with Gasteiger partial charge in [-0.05, 0) is 76.4 Å². The molecule has 0 radical (unpaired) electrons. The van der Waals surface area contributed by atoms with Crippen LogP contribution in [-0.4, -0.2) is 86.9 Å². The Bertz CT molecular complexity index is 2010. The highest BCUT2D eigenvalue weighted by Crippen LogP contribution is 2.38. The molecular formula is C54H77N3O11. The number of benzene rings is 3. The van der Waals surface area contributed by atoms with Gasteiger partial charge in [-0.25, -0.2) is 24.5 Å². The van der Waals surface area contributed by atoms with Gasteiger partial charge in [0.2, 0.25) is 0 Å². The largest absolute Gasteiger partial charge is 0.507 e. The van der Waals surface area contributed by atoms with Gasteiger partial charge < -0.3 is 43.7 Å². The van der Waals surface area contributed by atoms with Crippen molar-refractivity contribution in [2.75, 3.05) is 26.4 Å². The predicted molar refractivity (Wildman–Crippen MR) is 264 cm³/mol. The second-order valence-corrected chi connectivity index (χ2v) is 17.5. The number of phenols is 3. The summed E-state index contributed by atoms with van der Waals surface area (Å²) in [5, 5.41) is 34.1. The van der Waals surface area contributed by atoms with Crippen LogP contribution in [0, 0.1) is 0 Å². The number of phenolic OH excluding ortho intramolecular Hbond substituents is 3. The number of ether oxygens (including phenoxy) is 6. The Balaban J connectivity index is 1.53. The lowest BCUT2D eigenvalue weighted by molar-refractivity contribution is -0.152. The topological polar surface area (TPSA) is 189 Å². The molecule has 0 bridgehead atoms. The molecule has 3 N–H and O–H groups in total. The zero-order valence-corrected chi connectivity index (χ0v) is 41.4. The summed E-state index contributed by atoms with van der Waals surface area (Å²) in [6, 6.07) is 13.7. The van der Waals surface area contributed by atoms with Crippen LogP contribution in [0.25, 0.3) is 34.2 Å². The molecule has 0 aliphatic rings. The number of hydrogen-bond donors (Lipinski definition) is 3. The first kappa shape index (κ1) is 55.0. The Kier molecular flexibility index (Phi) is 24.8. The maximum Gasteiger partial charge on any atom is 0.347 e. The molecule has 0 aliphatic heterocycles. The fraction of sp³-hybridized carbons (Fsp3) is 0.574. The van der Waals surface area contributed by atoms with Crippen LogP contribution in [0.15, 0.2) is 54.6 Å². The number of unbranched alkanes of at least 4 members (excludes halogenated alkanes) is 15. The monoisotopic (exact) mass is 944 g/mol. The molecule has 0 amide bonds. The van der Waals surface area contributed by atoms with Crippen LogP contribution in [0.3, 0.4) is 0 Å². The van der Waals surface area contributed by atoms with E-state index in [1.54, 1.807) is 50.2 Å². The summed E-state index contributed by atoms with van der Waals surface area (Å²) in [4.78, 5) is 39.3. The predicted octanol–water partition coefficient (Wildman–Crippen LogP) is 12.5. The van der Waals surface area contributed by atoms with Crippen LogP contribution in [0.2, 0.25) is 0 Å². The van der Waals surface area contributed by atoms with E-state index in [-0.39, 0.29) is 69.0 Å².